The van der Waals surface area contributed by atoms with E-state index in [1.54, 1.807) is 12.1 Å². The van der Waals surface area contributed by atoms with Gasteiger partial charge in [-0.15, -0.1) is 0 Å². The van der Waals surface area contributed by atoms with E-state index < -0.39 is 24.0 Å². The van der Waals surface area contributed by atoms with Gasteiger partial charge in [-0.3, -0.25) is 24.5 Å². The molecule has 1 heterocycles. The molecule has 0 saturated carbocycles. The number of nitrogens with zero attached hydrogens (tertiary/aromatic N) is 1. The van der Waals surface area contributed by atoms with Crippen LogP contribution in [0.3, 0.4) is 0 Å². The van der Waals surface area contributed by atoms with Crippen molar-refractivity contribution in [2.45, 2.75) is 12.1 Å². The largest absolute Gasteiger partial charge is 0.486 e. The van der Waals surface area contributed by atoms with Crippen molar-refractivity contribution in [3.8, 4) is 5.75 Å². The van der Waals surface area contributed by atoms with Gasteiger partial charge in [0.15, 0.2) is 0 Å². The summed E-state index contributed by atoms with van der Waals surface area (Å²) >= 11 is 0. The number of likely N-dealkylation sites (tertiary alicyclic amines) is 1. The van der Waals surface area contributed by atoms with Crippen molar-refractivity contribution in [1.82, 2.24) is 10.2 Å². The zero-order valence-electron chi connectivity index (χ0n) is 10.9. The summed E-state index contributed by atoms with van der Waals surface area (Å²) in [5, 5.41) is 2.01. The second-order valence-electron chi connectivity index (χ2n) is 4.42. The van der Waals surface area contributed by atoms with Crippen molar-refractivity contribution >= 4 is 24.6 Å². The van der Waals surface area contributed by atoms with Crippen LogP contribution in [0.25, 0.3) is 0 Å². The molecular formula is C13H13N3O5. The quantitative estimate of drug-likeness (QED) is 0.628. The van der Waals surface area contributed by atoms with Crippen molar-refractivity contribution < 1.29 is 23.9 Å². The van der Waals surface area contributed by atoms with Gasteiger partial charge >= 0.3 is 0 Å². The van der Waals surface area contributed by atoms with Crippen LogP contribution < -0.4 is 15.8 Å². The Hall–Kier alpha value is -2.90. The van der Waals surface area contributed by atoms with Gasteiger partial charge in [0.05, 0.1) is 6.54 Å². The number of primary amides is 1. The number of imide groups is 1. The van der Waals surface area contributed by atoms with Crippen LogP contribution in [0.1, 0.15) is 10.4 Å². The maximum Gasteiger partial charge on any atom is 0.257 e. The Bertz CT molecular complexity index is 589. The molecule has 110 valence electrons. The van der Waals surface area contributed by atoms with Crippen LogP contribution in [0.2, 0.25) is 0 Å². The summed E-state index contributed by atoms with van der Waals surface area (Å²) in [6.07, 6.45) is 0.257. The normalized spacial score (nSPS) is 20.1. The second-order valence-corrected chi connectivity index (χ2v) is 4.42. The molecule has 1 aliphatic heterocycles. The highest BCUT2D eigenvalue weighted by molar-refractivity contribution is 6.00. The lowest BCUT2D eigenvalue weighted by Crippen LogP contribution is -2.66. The van der Waals surface area contributed by atoms with Crippen LogP contribution in [-0.4, -0.2) is 48.2 Å². The molecule has 0 bridgehead atoms. The number of nitrogens with one attached hydrogen (secondary N) is 1. The Morgan fingerprint density at radius 1 is 1.38 bits per heavy atom. The van der Waals surface area contributed by atoms with Crippen LogP contribution in [0.4, 0.5) is 0 Å². The minimum atomic E-state index is -0.824. The fourth-order valence-corrected chi connectivity index (χ4v) is 2.08. The zero-order valence-corrected chi connectivity index (χ0v) is 10.9. The molecule has 1 saturated heterocycles. The van der Waals surface area contributed by atoms with E-state index in [0.29, 0.717) is 12.2 Å². The van der Waals surface area contributed by atoms with E-state index in [-0.39, 0.29) is 18.5 Å². The molecule has 3 N–H and O–H groups in total. The topological polar surface area (TPSA) is 119 Å². The van der Waals surface area contributed by atoms with E-state index in [1.807, 2.05) is 5.32 Å². The molecule has 1 aromatic carbocycles. The molecule has 1 aromatic rings. The summed E-state index contributed by atoms with van der Waals surface area (Å²) in [6, 6.07) is 5.29. The van der Waals surface area contributed by atoms with Gasteiger partial charge in [-0.25, -0.2) is 0 Å². The fourth-order valence-electron chi connectivity index (χ4n) is 2.08. The number of nitrogens with two attached hydrogens (primary N) is 1. The molecule has 0 aliphatic carbocycles. The molecule has 2 atom stereocenters. The average Bonchev–Trinajstić information content (AvgIpc) is 2.42. The van der Waals surface area contributed by atoms with Crippen LogP contribution in [0.15, 0.2) is 24.3 Å². The van der Waals surface area contributed by atoms with Crippen molar-refractivity contribution in [1.29, 1.82) is 0 Å². The zero-order chi connectivity index (χ0) is 15.4. The molecular weight excluding hydrogens is 278 g/mol. The third kappa shape index (κ3) is 2.99. The van der Waals surface area contributed by atoms with Crippen molar-refractivity contribution in [2.75, 3.05) is 6.54 Å². The van der Waals surface area contributed by atoms with Crippen LogP contribution >= 0.6 is 0 Å². The number of carbonyl (C=O) groups is 4. The maximum atomic E-state index is 11.5. The summed E-state index contributed by atoms with van der Waals surface area (Å²) in [4.78, 5) is 44.9. The fraction of sp³-hybridized carbons (Fsp3) is 0.231. The summed E-state index contributed by atoms with van der Waals surface area (Å²) in [5.74, 6) is -0.881. The van der Waals surface area contributed by atoms with E-state index in [9.17, 15) is 19.2 Å². The van der Waals surface area contributed by atoms with E-state index in [2.05, 4.69) is 0 Å². The highest BCUT2D eigenvalue weighted by Crippen LogP contribution is 2.23. The van der Waals surface area contributed by atoms with Gasteiger partial charge in [-0.1, -0.05) is 6.07 Å². The lowest BCUT2D eigenvalue weighted by Gasteiger charge is -2.43. The first kappa shape index (κ1) is 14.5. The molecule has 2 rings (SSSR count). The van der Waals surface area contributed by atoms with Gasteiger partial charge in [-0.05, 0) is 18.2 Å². The minimum absolute atomic E-state index is 0.238. The van der Waals surface area contributed by atoms with Gasteiger partial charge in [0, 0.05) is 5.56 Å². The molecule has 1 fully saturated rings. The Labute approximate surface area is 119 Å². The first-order chi connectivity index (χ1) is 10.1. The van der Waals surface area contributed by atoms with Crippen LogP contribution in [0, 0.1) is 0 Å². The highest BCUT2D eigenvalue weighted by Gasteiger charge is 2.44. The SMILES string of the molecule is NC(=O)C1C(Oc2cccc(C(=O)NC=O)c2)CN1C=O. The molecule has 0 aromatic heterocycles. The standard InChI is InChI=1S/C13H13N3O5/c14-12(19)11-10(5-16(11)7-18)21-9-3-1-2-8(4-9)13(20)15-6-17/h1-4,6-7,10-11H,5H2,(H2,14,19)(H,15,17,20). The second kappa shape index (κ2) is 6.04. The smallest absolute Gasteiger partial charge is 0.257 e. The van der Waals surface area contributed by atoms with Crippen LogP contribution in [0.5, 0.6) is 5.75 Å². The van der Waals surface area contributed by atoms with Crippen molar-refractivity contribution in [3.63, 3.8) is 0 Å². The average molecular weight is 291 g/mol. The minimum Gasteiger partial charge on any atom is -0.486 e. The van der Waals surface area contributed by atoms with E-state index >= 15 is 0 Å². The van der Waals surface area contributed by atoms with Crippen LogP contribution in [-0.2, 0) is 14.4 Å². The van der Waals surface area contributed by atoms with E-state index in [4.69, 9.17) is 10.5 Å². The first-order valence-electron chi connectivity index (χ1n) is 6.08. The molecule has 8 heteroatoms. The summed E-state index contributed by atoms with van der Waals surface area (Å²) < 4.78 is 5.56. The molecule has 2 unspecified atom stereocenters. The van der Waals surface area contributed by atoms with Crippen molar-refractivity contribution in [2.24, 2.45) is 5.73 Å². The molecule has 4 amide bonds. The van der Waals surface area contributed by atoms with E-state index in [0.717, 1.165) is 0 Å². The van der Waals surface area contributed by atoms with Gasteiger partial charge in [-0.2, -0.15) is 0 Å². The number of carbonyl (C=O) groups excluding carboxylic acids is 4. The molecule has 21 heavy (non-hydrogen) atoms. The Balaban J connectivity index is 2.08. The third-order valence-electron chi connectivity index (χ3n) is 3.10. The number of hydrogen-bond acceptors (Lipinski definition) is 5. The number of benzene rings is 1. The lowest BCUT2D eigenvalue weighted by atomic mass is 9.99. The maximum absolute atomic E-state index is 11.5. The van der Waals surface area contributed by atoms with Crippen molar-refractivity contribution in [3.05, 3.63) is 29.8 Å². The summed E-state index contributed by atoms with van der Waals surface area (Å²) in [6.45, 7) is 0.238. The number of amides is 4. The first-order valence-corrected chi connectivity index (χ1v) is 6.08. The number of hydrogen-bond donors (Lipinski definition) is 2. The summed E-state index contributed by atoms with van der Waals surface area (Å²) in [5.41, 5.74) is 5.44. The Kier molecular flexibility index (Phi) is 4.17. The number of rotatable bonds is 6. The molecule has 0 radical (unpaired) electrons. The monoisotopic (exact) mass is 291 g/mol. The summed E-state index contributed by atoms with van der Waals surface area (Å²) in [7, 11) is 0. The van der Waals surface area contributed by atoms with Gasteiger partial charge in [0.2, 0.25) is 18.7 Å². The molecule has 1 aliphatic rings. The van der Waals surface area contributed by atoms with Gasteiger partial charge in [0.25, 0.3) is 5.91 Å². The number of ether oxygens (including phenoxy) is 1. The van der Waals surface area contributed by atoms with Gasteiger partial charge in [0.1, 0.15) is 17.9 Å². The Morgan fingerprint density at radius 3 is 2.76 bits per heavy atom. The van der Waals surface area contributed by atoms with Gasteiger partial charge < -0.3 is 15.4 Å². The third-order valence-corrected chi connectivity index (χ3v) is 3.10. The predicted octanol–water partition coefficient (Wildman–Crippen LogP) is -1.35. The highest BCUT2D eigenvalue weighted by atomic mass is 16.5. The predicted molar refractivity (Wildman–Crippen MR) is 70.1 cm³/mol. The molecule has 0 spiro atoms. The van der Waals surface area contributed by atoms with E-state index in [1.165, 1.54) is 17.0 Å². The Morgan fingerprint density at radius 2 is 2.14 bits per heavy atom. The molecule has 8 nitrogen and oxygen atoms in total. The lowest BCUT2D eigenvalue weighted by molar-refractivity contribution is -0.147.